The normalized spacial score (nSPS) is 14.2. The van der Waals surface area contributed by atoms with Crippen LogP contribution in [0, 0.1) is 6.92 Å². The number of fused-ring (bicyclic) bond motifs is 4. The van der Waals surface area contributed by atoms with Crippen LogP contribution in [0.15, 0.2) is 36.5 Å². The Bertz CT molecular complexity index is 1220. The van der Waals surface area contributed by atoms with Gasteiger partial charge in [0.25, 0.3) is 5.91 Å². The van der Waals surface area contributed by atoms with Crippen LogP contribution in [-0.2, 0) is 13.0 Å². The van der Waals surface area contributed by atoms with Crippen molar-refractivity contribution in [2.24, 2.45) is 0 Å². The monoisotopic (exact) mass is 373 g/mol. The molecule has 0 aliphatic carbocycles. The van der Waals surface area contributed by atoms with Crippen LogP contribution < -0.4 is 0 Å². The second-order valence-electron chi connectivity index (χ2n) is 7.84. The Morgan fingerprint density at radius 1 is 1.21 bits per heavy atom. The van der Waals surface area contributed by atoms with Crippen LogP contribution in [0.3, 0.4) is 0 Å². The number of aryl methyl sites for hydroxylation is 1. The summed E-state index contributed by atoms with van der Waals surface area (Å²) in [6.45, 7) is 7.41. The number of nitrogens with one attached hydrogen (secondary N) is 1. The molecule has 4 aromatic rings. The van der Waals surface area contributed by atoms with Gasteiger partial charge in [0.05, 0.1) is 17.1 Å². The van der Waals surface area contributed by atoms with Gasteiger partial charge in [-0.15, -0.1) is 0 Å². The number of aromatic nitrogens is 4. The molecule has 0 saturated heterocycles. The third kappa shape index (κ3) is 2.52. The van der Waals surface area contributed by atoms with Gasteiger partial charge in [0.15, 0.2) is 5.65 Å². The van der Waals surface area contributed by atoms with E-state index in [2.05, 4.69) is 41.0 Å². The van der Waals surface area contributed by atoms with Crippen molar-refractivity contribution in [2.75, 3.05) is 6.54 Å². The van der Waals surface area contributed by atoms with Crippen molar-refractivity contribution >= 4 is 27.8 Å². The topological polar surface area (TPSA) is 66.8 Å². The van der Waals surface area contributed by atoms with Gasteiger partial charge in [-0.1, -0.05) is 18.2 Å². The number of benzene rings is 1. The number of carbonyl (C=O) groups excluding carboxylic acids is 1. The van der Waals surface area contributed by atoms with E-state index in [0.29, 0.717) is 18.7 Å². The molecule has 0 atom stereocenters. The van der Waals surface area contributed by atoms with Crippen LogP contribution >= 0.6 is 0 Å². The van der Waals surface area contributed by atoms with Crippen LogP contribution in [0.4, 0.5) is 0 Å². The fourth-order valence-electron chi connectivity index (χ4n) is 4.21. The number of amides is 1. The smallest absolute Gasteiger partial charge is 0.255 e. The number of hydrogen-bond donors (Lipinski definition) is 1. The van der Waals surface area contributed by atoms with Crippen LogP contribution in [0.5, 0.6) is 0 Å². The molecule has 0 radical (unpaired) electrons. The summed E-state index contributed by atoms with van der Waals surface area (Å²) in [7, 11) is 0. The zero-order valence-electron chi connectivity index (χ0n) is 16.4. The summed E-state index contributed by atoms with van der Waals surface area (Å²) in [5.74, 6) is 0.0507. The molecule has 0 bridgehead atoms. The summed E-state index contributed by atoms with van der Waals surface area (Å²) >= 11 is 0. The lowest BCUT2D eigenvalue weighted by Crippen LogP contribution is -2.36. The Morgan fingerprint density at radius 3 is 2.86 bits per heavy atom. The van der Waals surface area contributed by atoms with E-state index in [-0.39, 0.29) is 11.9 Å². The molecule has 1 N–H and O–H groups in total. The molecule has 5 rings (SSSR count). The molecule has 3 aromatic heterocycles. The van der Waals surface area contributed by atoms with Crippen molar-refractivity contribution < 1.29 is 4.79 Å². The van der Waals surface area contributed by atoms with Crippen molar-refractivity contribution in [1.29, 1.82) is 0 Å². The first-order valence-corrected chi connectivity index (χ1v) is 9.75. The Morgan fingerprint density at radius 2 is 2.04 bits per heavy atom. The number of H-pyrrole nitrogens is 1. The summed E-state index contributed by atoms with van der Waals surface area (Å²) in [6.07, 6.45) is 2.62. The van der Waals surface area contributed by atoms with Gasteiger partial charge in [0.2, 0.25) is 0 Å². The fraction of sp³-hybridized carbons (Fsp3) is 0.318. The quantitative estimate of drug-likeness (QED) is 0.577. The second kappa shape index (κ2) is 6.19. The van der Waals surface area contributed by atoms with E-state index in [4.69, 9.17) is 0 Å². The lowest BCUT2D eigenvalue weighted by molar-refractivity contribution is 0.0737. The van der Waals surface area contributed by atoms with Crippen LogP contribution in [0.2, 0.25) is 0 Å². The molecular formula is C22H23N5O. The van der Waals surface area contributed by atoms with E-state index >= 15 is 0 Å². The lowest BCUT2D eigenvalue weighted by atomic mass is 10.0. The van der Waals surface area contributed by atoms with Gasteiger partial charge >= 0.3 is 0 Å². The molecule has 28 heavy (non-hydrogen) atoms. The largest absolute Gasteiger partial charge is 0.358 e. The first-order valence-electron chi connectivity index (χ1n) is 9.75. The van der Waals surface area contributed by atoms with Gasteiger partial charge in [-0.2, -0.15) is 5.10 Å². The van der Waals surface area contributed by atoms with Crippen molar-refractivity contribution in [1.82, 2.24) is 24.6 Å². The molecular weight excluding hydrogens is 350 g/mol. The fourth-order valence-corrected chi connectivity index (χ4v) is 4.21. The molecule has 1 aromatic carbocycles. The molecule has 1 aliphatic heterocycles. The van der Waals surface area contributed by atoms with Crippen molar-refractivity contribution in [3.8, 4) is 0 Å². The van der Waals surface area contributed by atoms with Gasteiger partial charge in [-0.3, -0.25) is 4.79 Å². The maximum atomic E-state index is 13.5. The number of pyridine rings is 1. The van der Waals surface area contributed by atoms with E-state index < -0.39 is 0 Å². The Labute approximate surface area is 163 Å². The van der Waals surface area contributed by atoms with E-state index in [9.17, 15) is 4.79 Å². The number of rotatable bonds is 2. The van der Waals surface area contributed by atoms with Gasteiger partial charge < -0.3 is 9.88 Å². The molecule has 6 nitrogen and oxygen atoms in total. The minimum Gasteiger partial charge on any atom is -0.358 e. The molecule has 0 unspecified atom stereocenters. The van der Waals surface area contributed by atoms with Crippen LogP contribution in [-0.4, -0.2) is 37.1 Å². The average Bonchev–Trinajstić information content (AvgIpc) is 3.27. The minimum atomic E-state index is 0.0507. The minimum absolute atomic E-state index is 0.0507. The summed E-state index contributed by atoms with van der Waals surface area (Å²) in [4.78, 5) is 23.6. The number of hydrogen-bond acceptors (Lipinski definition) is 3. The van der Waals surface area contributed by atoms with Gasteiger partial charge in [0.1, 0.15) is 0 Å². The Kier molecular flexibility index (Phi) is 3.75. The maximum Gasteiger partial charge on any atom is 0.255 e. The lowest BCUT2D eigenvalue weighted by Gasteiger charge is -2.27. The molecule has 0 spiro atoms. The standard InChI is InChI=1S/C22H23N5O/c1-13(2)27-21-17(11-23-27)16(10-14(3)24-21)22(28)26-9-8-20-18(12-26)15-6-4-5-7-19(15)25-20/h4-7,10-11,13,25H,8-9,12H2,1-3H3. The van der Waals surface area contributed by atoms with E-state index in [0.717, 1.165) is 28.7 Å². The highest BCUT2D eigenvalue weighted by atomic mass is 16.2. The molecule has 0 saturated carbocycles. The first kappa shape index (κ1) is 17.0. The van der Waals surface area contributed by atoms with Gasteiger partial charge in [-0.05, 0) is 32.9 Å². The first-order chi connectivity index (χ1) is 13.5. The highest BCUT2D eigenvalue weighted by molar-refractivity contribution is 6.05. The second-order valence-corrected chi connectivity index (χ2v) is 7.84. The third-order valence-electron chi connectivity index (χ3n) is 5.58. The maximum absolute atomic E-state index is 13.5. The molecule has 1 amide bonds. The molecule has 142 valence electrons. The van der Waals surface area contributed by atoms with Gasteiger partial charge in [0, 0.05) is 53.4 Å². The highest BCUT2D eigenvalue weighted by Crippen LogP contribution is 2.29. The summed E-state index contributed by atoms with van der Waals surface area (Å²) in [6, 6.07) is 10.4. The number of para-hydroxylation sites is 1. The predicted octanol–water partition coefficient (Wildman–Crippen LogP) is 4.00. The van der Waals surface area contributed by atoms with Gasteiger partial charge in [-0.25, -0.2) is 9.67 Å². The van der Waals surface area contributed by atoms with E-state index in [1.54, 1.807) is 6.20 Å². The average molecular weight is 373 g/mol. The highest BCUT2D eigenvalue weighted by Gasteiger charge is 2.27. The number of carbonyl (C=O) groups is 1. The Hall–Kier alpha value is -3.15. The summed E-state index contributed by atoms with van der Waals surface area (Å²) in [5.41, 5.74) is 5.93. The third-order valence-corrected chi connectivity index (χ3v) is 5.58. The zero-order chi connectivity index (χ0) is 19.4. The zero-order valence-corrected chi connectivity index (χ0v) is 16.4. The van der Waals surface area contributed by atoms with Crippen LogP contribution in [0.25, 0.3) is 21.9 Å². The molecule has 1 aliphatic rings. The summed E-state index contributed by atoms with van der Waals surface area (Å²) in [5, 5.41) is 6.51. The van der Waals surface area contributed by atoms with Crippen molar-refractivity contribution in [3.05, 3.63) is 59.0 Å². The Balaban J connectivity index is 1.56. The molecule has 0 fully saturated rings. The van der Waals surface area contributed by atoms with Crippen molar-refractivity contribution in [2.45, 2.75) is 39.8 Å². The summed E-state index contributed by atoms with van der Waals surface area (Å²) < 4.78 is 1.88. The van der Waals surface area contributed by atoms with Crippen LogP contribution in [0.1, 0.15) is 47.2 Å². The number of nitrogens with zero attached hydrogens (tertiary/aromatic N) is 4. The van der Waals surface area contributed by atoms with E-state index in [1.165, 1.54) is 16.6 Å². The predicted molar refractivity (Wildman–Crippen MR) is 109 cm³/mol. The molecule has 6 heteroatoms. The van der Waals surface area contributed by atoms with Crippen molar-refractivity contribution in [3.63, 3.8) is 0 Å². The van der Waals surface area contributed by atoms with E-state index in [1.807, 2.05) is 34.7 Å². The number of aromatic amines is 1. The SMILES string of the molecule is Cc1cc(C(=O)N2CCc3[nH]c4ccccc4c3C2)c2cnn(C(C)C)c2n1. The molecule has 4 heterocycles.